The molecule has 2 aromatic heterocycles. The minimum atomic E-state index is -0.710. The van der Waals surface area contributed by atoms with Crippen LogP contribution in [0, 0.1) is 24.5 Å². The van der Waals surface area contributed by atoms with Gasteiger partial charge in [0.2, 0.25) is 0 Å². The van der Waals surface area contributed by atoms with E-state index in [0.29, 0.717) is 17.8 Å². The molecule has 36 heavy (non-hydrogen) atoms. The highest BCUT2D eigenvalue weighted by Gasteiger charge is 2.39. The van der Waals surface area contributed by atoms with Gasteiger partial charge in [0.1, 0.15) is 23.9 Å². The van der Waals surface area contributed by atoms with Gasteiger partial charge in [-0.25, -0.2) is 13.8 Å². The molecule has 1 amide bonds. The first-order valence-corrected chi connectivity index (χ1v) is 11.4. The summed E-state index contributed by atoms with van der Waals surface area (Å²) in [4.78, 5) is 30.4. The van der Waals surface area contributed by atoms with Gasteiger partial charge in [-0.05, 0) is 48.7 Å². The summed E-state index contributed by atoms with van der Waals surface area (Å²) < 4.78 is 40.3. The van der Waals surface area contributed by atoms with Crippen LogP contribution in [0.1, 0.15) is 38.9 Å². The first-order chi connectivity index (χ1) is 17.4. The second kappa shape index (κ2) is 9.41. The second-order valence-electron chi connectivity index (χ2n) is 8.58. The van der Waals surface area contributed by atoms with Gasteiger partial charge < -0.3 is 14.8 Å². The lowest BCUT2D eigenvalue weighted by Crippen LogP contribution is -2.35. The number of halogens is 2. The van der Waals surface area contributed by atoms with Crippen LogP contribution >= 0.6 is 0 Å². The number of methoxy groups -OCH3 is 1. The third kappa shape index (κ3) is 4.06. The summed E-state index contributed by atoms with van der Waals surface area (Å²) in [6.07, 6.45) is 2.12. The summed E-state index contributed by atoms with van der Waals surface area (Å²) in [6.45, 7) is 1.34. The van der Waals surface area contributed by atoms with E-state index in [0.717, 1.165) is 23.3 Å². The van der Waals surface area contributed by atoms with Crippen molar-refractivity contribution in [1.82, 2.24) is 14.7 Å². The molecule has 2 atom stereocenters. The van der Waals surface area contributed by atoms with Crippen LogP contribution in [-0.4, -0.2) is 28.4 Å². The van der Waals surface area contributed by atoms with Crippen LogP contribution in [0.4, 0.5) is 8.78 Å². The van der Waals surface area contributed by atoms with Crippen LogP contribution < -0.4 is 10.1 Å². The van der Waals surface area contributed by atoms with E-state index < -0.39 is 35.5 Å². The van der Waals surface area contributed by atoms with E-state index in [2.05, 4.69) is 10.3 Å². The number of benzene rings is 2. The molecule has 0 radical (unpaired) electrons. The Labute approximate surface area is 205 Å². The van der Waals surface area contributed by atoms with Crippen LogP contribution in [0.25, 0.3) is 5.65 Å². The van der Waals surface area contributed by atoms with Gasteiger partial charge in [-0.3, -0.25) is 14.0 Å². The quantitative estimate of drug-likeness (QED) is 0.407. The van der Waals surface area contributed by atoms with Crippen LogP contribution in [0.3, 0.4) is 0 Å². The molecule has 0 aliphatic heterocycles. The van der Waals surface area contributed by atoms with Gasteiger partial charge in [0.15, 0.2) is 11.4 Å². The predicted molar refractivity (Wildman–Crippen MR) is 126 cm³/mol. The monoisotopic (exact) mass is 491 g/mol. The number of aryl methyl sites for hydroxylation is 1. The highest BCUT2D eigenvalue weighted by Crippen LogP contribution is 2.37. The number of rotatable bonds is 6. The number of fused-ring (bicyclic) bond motifs is 2. The molecular weight excluding hydrogens is 468 g/mol. The Morgan fingerprint density at radius 3 is 2.58 bits per heavy atom. The van der Waals surface area contributed by atoms with Gasteiger partial charge in [-0.1, -0.05) is 30.3 Å². The maximum Gasteiger partial charge on any atom is 0.311 e. The average Bonchev–Trinajstić information content (AvgIpc) is 3.40. The number of hydrogen-bond donors (Lipinski definition) is 1. The van der Waals surface area contributed by atoms with Crippen molar-refractivity contribution in [3.05, 3.63) is 101 Å². The van der Waals surface area contributed by atoms with Gasteiger partial charge in [-0.15, -0.1) is 0 Å². The van der Waals surface area contributed by atoms with Crippen LogP contribution in [0.2, 0.25) is 0 Å². The van der Waals surface area contributed by atoms with Crippen LogP contribution in [0.5, 0.6) is 5.75 Å². The molecule has 0 spiro atoms. The van der Waals surface area contributed by atoms with E-state index >= 15 is 0 Å². The van der Waals surface area contributed by atoms with Crippen molar-refractivity contribution >= 4 is 17.5 Å². The van der Waals surface area contributed by atoms with Gasteiger partial charge in [0, 0.05) is 6.20 Å². The van der Waals surface area contributed by atoms with Crippen molar-refractivity contribution < 1.29 is 27.8 Å². The lowest BCUT2D eigenvalue weighted by Gasteiger charge is -2.20. The van der Waals surface area contributed by atoms with Crippen molar-refractivity contribution in [1.29, 1.82) is 0 Å². The summed E-state index contributed by atoms with van der Waals surface area (Å²) in [5.41, 5.74) is 2.66. The number of imidazole rings is 1. The summed E-state index contributed by atoms with van der Waals surface area (Å²) in [5, 5.41) is 2.99. The van der Waals surface area contributed by atoms with Crippen molar-refractivity contribution in [3.63, 3.8) is 0 Å². The Balaban J connectivity index is 1.45. The molecule has 0 fully saturated rings. The summed E-state index contributed by atoms with van der Waals surface area (Å²) >= 11 is 0. The molecule has 9 heteroatoms. The molecular formula is C27H23F2N3O4. The van der Waals surface area contributed by atoms with Crippen molar-refractivity contribution in [2.24, 2.45) is 5.92 Å². The number of nitrogens with zero attached hydrogens (tertiary/aromatic N) is 2. The van der Waals surface area contributed by atoms with Crippen molar-refractivity contribution in [2.45, 2.75) is 26.0 Å². The minimum absolute atomic E-state index is 0.200. The first kappa shape index (κ1) is 23.5. The molecule has 0 unspecified atom stereocenters. The zero-order chi connectivity index (χ0) is 25.4. The second-order valence-corrected chi connectivity index (χ2v) is 8.58. The molecule has 7 nitrogen and oxygen atoms in total. The number of carbonyl (C=O) groups is 2. The van der Waals surface area contributed by atoms with E-state index in [9.17, 15) is 18.4 Å². The topological polar surface area (TPSA) is 81.9 Å². The van der Waals surface area contributed by atoms with Gasteiger partial charge in [0.25, 0.3) is 5.91 Å². The number of esters is 1. The van der Waals surface area contributed by atoms with Gasteiger partial charge in [-0.2, -0.15) is 0 Å². The van der Waals surface area contributed by atoms with Crippen LogP contribution in [-0.2, 0) is 22.6 Å². The minimum Gasteiger partial charge on any atom is -0.485 e. The Morgan fingerprint density at radius 1 is 1.08 bits per heavy atom. The number of nitrogens with one attached hydrogen (secondary N) is 1. The van der Waals surface area contributed by atoms with E-state index in [1.807, 2.05) is 24.3 Å². The smallest absolute Gasteiger partial charge is 0.311 e. The molecule has 1 aliphatic rings. The lowest BCUT2D eigenvalue weighted by atomic mass is 10.0. The third-order valence-corrected chi connectivity index (χ3v) is 6.46. The molecule has 184 valence electrons. The fraction of sp³-hybridized carbons (Fsp3) is 0.222. The summed E-state index contributed by atoms with van der Waals surface area (Å²) in [5.74, 6) is -2.53. The number of hydrogen-bond acceptors (Lipinski definition) is 5. The third-order valence-electron chi connectivity index (χ3n) is 6.46. The van der Waals surface area contributed by atoms with Gasteiger partial charge in [0.05, 0.1) is 30.3 Å². The molecule has 0 bridgehead atoms. The largest absolute Gasteiger partial charge is 0.485 e. The Kier molecular flexibility index (Phi) is 6.13. The standard InChI is InChI=1S/C27H23F2N3O4/c1-15-24(26(33)31-23-17-8-4-3-7-16(17)13-18(23)27(34)35-2)32-12-6-11-22(25(32)30-15)36-14-19-20(28)9-5-10-21(19)29/h3-12,18,23H,13-14H2,1-2H3,(H,31,33)/t18-,23-/m1/s1. The fourth-order valence-electron chi connectivity index (χ4n) is 4.72. The maximum absolute atomic E-state index is 14.0. The lowest BCUT2D eigenvalue weighted by molar-refractivity contribution is -0.146. The highest BCUT2D eigenvalue weighted by molar-refractivity contribution is 5.95. The molecule has 0 saturated carbocycles. The molecule has 2 heterocycles. The number of pyridine rings is 1. The number of carbonyl (C=O) groups excluding carboxylic acids is 2. The zero-order valence-electron chi connectivity index (χ0n) is 19.6. The van der Waals surface area contributed by atoms with E-state index in [4.69, 9.17) is 9.47 Å². The van der Waals surface area contributed by atoms with Crippen LogP contribution in [0.15, 0.2) is 60.8 Å². The SMILES string of the molecule is COC(=O)[C@@H]1Cc2ccccc2[C@H]1NC(=O)c1c(C)nc2c(OCc3c(F)cccc3F)cccn12. The van der Waals surface area contributed by atoms with Crippen molar-refractivity contribution in [2.75, 3.05) is 7.11 Å². The molecule has 1 aliphatic carbocycles. The van der Waals surface area contributed by atoms with E-state index in [-0.39, 0.29) is 23.6 Å². The Morgan fingerprint density at radius 2 is 1.83 bits per heavy atom. The number of aromatic nitrogens is 2. The Bertz CT molecular complexity index is 1460. The van der Waals surface area contributed by atoms with Crippen molar-refractivity contribution in [3.8, 4) is 5.75 Å². The zero-order valence-corrected chi connectivity index (χ0v) is 19.6. The summed E-state index contributed by atoms with van der Waals surface area (Å²) in [6, 6.07) is 13.9. The highest BCUT2D eigenvalue weighted by atomic mass is 19.1. The molecule has 2 aromatic carbocycles. The van der Waals surface area contributed by atoms with E-state index in [1.165, 1.54) is 13.2 Å². The number of amides is 1. The summed E-state index contributed by atoms with van der Waals surface area (Å²) in [7, 11) is 1.33. The Hall–Kier alpha value is -4.27. The number of ether oxygens (including phenoxy) is 2. The normalized spacial score (nSPS) is 16.6. The van der Waals surface area contributed by atoms with E-state index in [1.54, 1.807) is 29.7 Å². The molecule has 5 rings (SSSR count). The molecule has 4 aromatic rings. The fourth-order valence-corrected chi connectivity index (χ4v) is 4.72. The molecule has 1 N–H and O–H groups in total. The molecule has 0 saturated heterocycles. The maximum atomic E-state index is 14.0. The first-order valence-electron chi connectivity index (χ1n) is 11.4. The average molecular weight is 491 g/mol. The predicted octanol–water partition coefficient (Wildman–Crippen LogP) is 4.32. The van der Waals surface area contributed by atoms with Gasteiger partial charge >= 0.3 is 5.97 Å².